The summed E-state index contributed by atoms with van der Waals surface area (Å²) in [5.41, 5.74) is 1.12. The third-order valence-electron chi connectivity index (χ3n) is 3.15. The van der Waals surface area contributed by atoms with Crippen molar-refractivity contribution in [2.75, 3.05) is 6.79 Å². The van der Waals surface area contributed by atoms with E-state index in [9.17, 15) is 9.90 Å². The number of hydrogen-bond acceptors (Lipinski definition) is 5. The van der Waals surface area contributed by atoms with Gasteiger partial charge < -0.3 is 14.6 Å². The lowest BCUT2D eigenvalue weighted by Gasteiger charge is -2.16. The van der Waals surface area contributed by atoms with Gasteiger partial charge in [0.05, 0.1) is 5.69 Å². The first-order valence-electron chi connectivity index (χ1n) is 6.51. The Labute approximate surface area is 126 Å². The lowest BCUT2D eigenvalue weighted by Crippen LogP contribution is -2.16. The first-order chi connectivity index (χ1) is 9.86. The van der Waals surface area contributed by atoms with Gasteiger partial charge in [0, 0.05) is 11.0 Å². The van der Waals surface area contributed by atoms with Crippen molar-refractivity contribution in [2.24, 2.45) is 0 Å². The van der Waals surface area contributed by atoms with Crippen LogP contribution in [0.2, 0.25) is 0 Å². The third kappa shape index (κ3) is 2.47. The van der Waals surface area contributed by atoms with Crippen LogP contribution < -0.4 is 9.47 Å². The van der Waals surface area contributed by atoms with E-state index in [1.807, 2.05) is 39.0 Å². The van der Waals surface area contributed by atoms with Crippen LogP contribution in [-0.2, 0) is 5.41 Å². The van der Waals surface area contributed by atoms with E-state index in [0.29, 0.717) is 22.2 Å². The quantitative estimate of drug-likeness (QED) is 0.919. The number of carboxylic acids is 1. The Morgan fingerprint density at radius 1 is 1.29 bits per heavy atom. The van der Waals surface area contributed by atoms with Crippen molar-refractivity contribution < 1.29 is 19.4 Å². The van der Waals surface area contributed by atoms with E-state index in [1.54, 1.807) is 0 Å². The largest absolute Gasteiger partial charge is 0.477 e. The zero-order valence-electron chi connectivity index (χ0n) is 12.0. The molecule has 0 saturated heterocycles. The van der Waals surface area contributed by atoms with Crippen molar-refractivity contribution in [2.45, 2.75) is 26.2 Å². The monoisotopic (exact) mass is 305 g/mol. The molecule has 0 amide bonds. The molecule has 110 valence electrons. The predicted octanol–water partition coefficient (Wildman–Crippen LogP) is 3.53. The topological polar surface area (TPSA) is 68.7 Å². The number of aromatic nitrogens is 1. The molecule has 2 aromatic rings. The van der Waals surface area contributed by atoms with E-state index < -0.39 is 5.97 Å². The number of rotatable bonds is 2. The molecule has 0 fully saturated rings. The van der Waals surface area contributed by atoms with Gasteiger partial charge >= 0.3 is 5.97 Å². The Bertz CT molecular complexity index is 715. The SMILES string of the molecule is CC(C)(C)c1nc(-c2ccc3c(c2)OCO3)sc1C(=O)O. The van der Waals surface area contributed by atoms with Crippen molar-refractivity contribution in [3.63, 3.8) is 0 Å². The van der Waals surface area contributed by atoms with E-state index in [2.05, 4.69) is 4.98 Å². The summed E-state index contributed by atoms with van der Waals surface area (Å²) in [7, 11) is 0. The number of carboxylic acid groups (broad SMARTS) is 1. The second kappa shape index (κ2) is 4.73. The minimum Gasteiger partial charge on any atom is -0.477 e. The standard InChI is InChI=1S/C15H15NO4S/c1-15(2,3)12-11(14(17)18)21-13(16-12)8-4-5-9-10(6-8)20-7-19-9/h4-6H,7H2,1-3H3,(H,17,18). The zero-order valence-corrected chi connectivity index (χ0v) is 12.8. The highest BCUT2D eigenvalue weighted by Gasteiger charge is 2.27. The Morgan fingerprint density at radius 2 is 2.00 bits per heavy atom. The average molecular weight is 305 g/mol. The lowest BCUT2D eigenvalue weighted by molar-refractivity contribution is 0.0699. The minimum atomic E-state index is -0.940. The molecule has 1 aliphatic rings. The Hall–Kier alpha value is -2.08. The van der Waals surface area contributed by atoms with Crippen molar-refractivity contribution >= 4 is 17.3 Å². The molecule has 0 saturated carbocycles. The fourth-order valence-electron chi connectivity index (χ4n) is 2.13. The Balaban J connectivity index is 2.09. The molecule has 0 spiro atoms. The summed E-state index contributed by atoms with van der Waals surface area (Å²) >= 11 is 1.19. The maximum atomic E-state index is 11.4. The molecule has 0 radical (unpaired) electrons. The van der Waals surface area contributed by atoms with Crippen LogP contribution >= 0.6 is 11.3 Å². The fraction of sp³-hybridized carbons (Fsp3) is 0.333. The van der Waals surface area contributed by atoms with Crippen LogP contribution in [0.25, 0.3) is 10.6 Å². The molecular weight excluding hydrogens is 290 g/mol. The molecule has 1 aliphatic heterocycles. The van der Waals surface area contributed by atoms with E-state index in [1.165, 1.54) is 11.3 Å². The van der Waals surface area contributed by atoms with Crippen LogP contribution in [0, 0.1) is 0 Å². The molecule has 5 nitrogen and oxygen atoms in total. The summed E-state index contributed by atoms with van der Waals surface area (Å²) in [6.07, 6.45) is 0. The van der Waals surface area contributed by atoms with Crippen LogP contribution in [0.4, 0.5) is 0 Å². The van der Waals surface area contributed by atoms with E-state index in [-0.39, 0.29) is 17.1 Å². The summed E-state index contributed by atoms with van der Waals surface area (Å²) < 4.78 is 10.6. The molecule has 0 atom stereocenters. The molecule has 1 aromatic carbocycles. The van der Waals surface area contributed by atoms with Crippen molar-refractivity contribution in [1.29, 1.82) is 0 Å². The third-order valence-corrected chi connectivity index (χ3v) is 4.24. The van der Waals surface area contributed by atoms with Crippen LogP contribution in [-0.4, -0.2) is 22.9 Å². The molecule has 1 N–H and O–H groups in total. The number of ether oxygens (including phenoxy) is 2. The molecule has 0 unspecified atom stereocenters. The van der Waals surface area contributed by atoms with E-state index >= 15 is 0 Å². The van der Waals surface area contributed by atoms with Crippen LogP contribution in [0.5, 0.6) is 11.5 Å². The molecule has 3 rings (SSSR count). The second-order valence-corrected chi connectivity index (χ2v) is 6.82. The number of hydrogen-bond donors (Lipinski definition) is 1. The lowest BCUT2D eigenvalue weighted by atomic mass is 9.91. The van der Waals surface area contributed by atoms with Gasteiger partial charge in [-0.15, -0.1) is 11.3 Å². The molecule has 0 aliphatic carbocycles. The summed E-state index contributed by atoms with van der Waals surface area (Å²) in [6, 6.07) is 5.51. The highest BCUT2D eigenvalue weighted by Crippen LogP contribution is 2.39. The smallest absolute Gasteiger partial charge is 0.347 e. The molecule has 6 heteroatoms. The van der Waals surface area contributed by atoms with Gasteiger partial charge in [0.1, 0.15) is 9.88 Å². The van der Waals surface area contributed by atoms with Gasteiger partial charge in [-0.2, -0.15) is 0 Å². The number of aromatic carboxylic acids is 1. The van der Waals surface area contributed by atoms with Crippen LogP contribution in [0.15, 0.2) is 18.2 Å². The van der Waals surface area contributed by atoms with E-state index in [4.69, 9.17) is 9.47 Å². The second-order valence-electron chi connectivity index (χ2n) is 5.82. The first-order valence-corrected chi connectivity index (χ1v) is 7.32. The molecular formula is C15H15NO4S. The summed E-state index contributed by atoms with van der Waals surface area (Å²) in [6.45, 7) is 6.08. The summed E-state index contributed by atoms with van der Waals surface area (Å²) in [4.78, 5) is 16.3. The number of thiazole rings is 1. The van der Waals surface area contributed by atoms with Gasteiger partial charge in [0.15, 0.2) is 11.5 Å². The molecule has 2 heterocycles. The normalized spacial score (nSPS) is 13.5. The van der Waals surface area contributed by atoms with Gasteiger partial charge in [0.2, 0.25) is 6.79 Å². The van der Waals surface area contributed by atoms with Gasteiger partial charge in [-0.1, -0.05) is 20.8 Å². The summed E-state index contributed by atoms with van der Waals surface area (Å²) in [5, 5.41) is 10.0. The highest BCUT2D eigenvalue weighted by atomic mass is 32.1. The summed E-state index contributed by atoms with van der Waals surface area (Å²) in [5.74, 6) is 0.422. The van der Waals surface area contributed by atoms with Crippen LogP contribution in [0.1, 0.15) is 36.1 Å². The zero-order chi connectivity index (χ0) is 15.2. The van der Waals surface area contributed by atoms with Gasteiger partial charge in [0.25, 0.3) is 0 Å². The number of carbonyl (C=O) groups is 1. The van der Waals surface area contributed by atoms with Gasteiger partial charge in [-0.05, 0) is 18.2 Å². The molecule has 21 heavy (non-hydrogen) atoms. The van der Waals surface area contributed by atoms with Crippen molar-refractivity contribution in [1.82, 2.24) is 4.98 Å². The number of benzene rings is 1. The minimum absolute atomic E-state index is 0.213. The van der Waals surface area contributed by atoms with E-state index in [0.717, 1.165) is 5.56 Å². The maximum Gasteiger partial charge on any atom is 0.347 e. The predicted molar refractivity (Wildman–Crippen MR) is 79.3 cm³/mol. The van der Waals surface area contributed by atoms with Gasteiger partial charge in [-0.25, -0.2) is 9.78 Å². The molecule has 0 bridgehead atoms. The van der Waals surface area contributed by atoms with Crippen molar-refractivity contribution in [3.05, 3.63) is 28.8 Å². The number of nitrogens with zero attached hydrogens (tertiary/aromatic N) is 1. The average Bonchev–Trinajstić information content (AvgIpc) is 3.03. The maximum absolute atomic E-state index is 11.4. The fourth-order valence-corrected chi connectivity index (χ4v) is 3.24. The highest BCUT2D eigenvalue weighted by molar-refractivity contribution is 7.17. The Kier molecular flexibility index (Phi) is 3.13. The van der Waals surface area contributed by atoms with Gasteiger partial charge in [-0.3, -0.25) is 0 Å². The Morgan fingerprint density at radius 3 is 2.62 bits per heavy atom. The molecule has 1 aromatic heterocycles. The van der Waals surface area contributed by atoms with Crippen molar-refractivity contribution in [3.8, 4) is 22.1 Å². The number of fused-ring (bicyclic) bond motifs is 1. The van der Waals surface area contributed by atoms with Crippen LogP contribution in [0.3, 0.4) is 0 Å². The first kappa shape index (κ1) is 13.9.